The number of nitriles is 2. The van der Waals surface area contributed by atoms with Crippen molar-refractivity contribution < 1.29 is 9.53 Å². The minimum absolute atomic E-state index is 0.222. The molecule has 1 aromatic carbocycles. The van der Waals surface area contributed by atoms with E-state index in [0.717, 1.165) is 24.1 Å². The van der Waals surface area contributed by atoms with Gasteiger partial charge in [-0.05, 0) is 38.3 Å². The number of carbonyl (C=O) groups excluding carboxylic acids is 1. The smallest absolute Gasteiger partial charge is 0.349 e. The monoisotopic (exact) mass is 427 g/mol. The number of aryl methyl sites for hydroxylation is 1. The second-order valence-corrected chi connectivity index (χ2v) is 8.93. The average Bonchev–Trinajstić information content (AvgIpc) is 3.57. The van der Waals surface area contributed by atoms with Crippen molar-refractivity contribution in [2.75, 3.05) is 19.0 Å². The number of hydrogen-bond donors (Lipinski definition) is 1. The highest BCUT2D eigenvalue weighted by Gasteiger charge is 2.49. The lowest BCUT2D eigenvalue weighted by Gasteiger charge is -2.45. The van der Waals surface area contributed by atoms with Crippen LogP contribution in [0.25, 0.3) is 0 Å². The number of benzene rings is 1. The molecule has 1 aliphatic carbocycles. The molecular weight excluding hydrogens is 406 g/mol. The van der Waals surface area contributed by atoms with E-state index in [0.29, 0.717) is 33.8 Å². The molecule has 1 saturated carbocycles. The normalized spacial score (nSPS) is 24.3. The number of pyridine rings is 1. The summed E-state index contributed by atoms with van der Waals surface area (Å²) in [4.78, 5) is 17.9. The Kier molecular flexibility index (Phi) is 4.19. The average molecular weight is 427 g/mol. The fraction of sp³-hybridized carbons (Fsp3) is 0.333. The first-order chi connectivity index (χ1) is 15.2. The maximum absolute atomic E-state index is 13.4. The van der Waals surface area contributed by atoms with Crippen LogP contribution in [0.1, 0.15) is 47.9 Å². The molecular formula is C24H21N5O3. The number of ether oxygens (including phenoxy) is 1. The first-order valence-electron chi connectivity index (χ1n) is 10.4. The lowest BCUT2D eigenvalue weighted by Crippen LogP contribution is -2.51. The third-order valence-corrected chi connectivity index (χ3v) is 6.69. The topological polar surface area (TPSA) is 122 Å². The number of allylic oxidation sites excluding steroid dienone is 1. The summed E-state index contributed by atoms with van der Waals surface area (Å²) in [5, 5.41) is 35.5. The molecule has 2 aliphatic heterocycles. The van der Waals surface area contributed by atoms with Crippen molar-refractivity contribution in [2.45, 2.75) is 32.6 Å². The molecule has 32 heavy (non-hydrogen) atoms. The summed E-state index contributed by atoms with van der Waals surface area (Å²) < 4.78 is 4.84. The fourth-order valence-electron chi connectivity index (χ4n) is 4.58. The van der Waals surface area contributed by atoms with Crippen LogP contribution in [0.4, 0.5) is 11.4 Å². The zero-order chi connectivity index (χ0) is 22.8. The number of amides is 1. The number of aromatic nitrogens is 1. The zero-order valence-electron chi connectivity index (χ0n) is 18.0. The van der Waals surface area contributed by atoms with E-state index in [1.54, 1.807) is 25.3 Å². The molecule has 0 spiro atoms. The van der Waals surface area contributed by atoms with Gasteiger partial charge >= 0.3 is 5.91 Å². The fourth-order valence-corrected chi connectivity index (χ4v) is 4.58. The molecule has 5 rings (SSSR count). The summed E-state index contributed by atoms with van der Waals surface area (Å²) in [5.41, 5.74) is 4.04. The van der Waals surface area contributed by atoms with Crippen molar-refractivity contribution in [3.63, 3.8) is 0 Å². The number of likely N-dealkylation sites (N-methyl/N-ethyl adjacent to an activating group) is 1. The quantitative estimate of drug-likeness (QED) is 0.585. The molecule has 2 atom stereocenters. The van der Waals surface area contributed by atoms with Gasteiger partial charge in [-0.15, -0.1) is 0 Å². The summed E-state index contributed by atoms with van der Waals surface area (Å²) in [6.45, 7) is 3.92. The van der Waals surface area contributed by atoms with Gasteiger partial charge in [-0.25, -0.2) is 9.78 Å². The third-order valence-electron chi connectivity index (χ3n) is 6.69. The standard InChI is InChI=1S/C24H21N5O3/c1-13-10-27-22(32-12-24(11-26)6-7-24)20-19-16-5-4-15(9-25)8-17(16)29(3,31)23(30)18(19)14(2)28-21(13)20/h4-5,8,10,19,28H,6-7,12H2,1-3H3. The van der Waals surface area contributed by atoms with Gasteiger partial charge in [-0.1, -0.05) is 6.07 Å². The Bertz CT molecular complexity index is 1310. The summed E-state index contributed by atoms with van der Waals surface area (Å²) in [5.74, 6) is -0.794. The lowest BCUT2D eigenvalue weighted by atomic mass is 9.76. The molecule has 3 heterocycles. The molecule has 160 valence electrons. The molecule has 1 fully saturated rings. The summed E-state index contributed by atoms with van der Waals surface area (Å²) in [6.07, 6.45) is 3.27. The number of carbonyl (C=O) groups is 1. The Labute approximate surface area is 185 Å². The van der Waals surface area contributed by atoms with Crippen LogP contribution in [0.5, 0.6) is 5.88 Å². The Morgan fingerprint density at radius 2 is 2.09 bits per heavy atom. The minimum Gasteiger partial charge on any atom is -0.620 e. The van der Waals surface area contributed by atoms with Crippen LogP contribution < -0.4 is 14.7 Å². The van der Waals surface area contributed by atoms with Gasteiger partial charge in [-0.2, -0.15) is 10.5 Å². The van der Waals surface area contributed by atoms with Gasteiger partial charge in [0.25, 0.3) is 0 Å². The third kappa shape index (κ3) is 2.74. The molecule has 0 radical (unpaired) electrons. The first-order valence-corrected chi connectivity index (χ1v) is 10.4. The van der Waals surface area contributed by atoms with E-state index in [2.05, 4.69) is 16.4 Å². The Morgan fingerprint density at radius 3 is 2.75 bits per heavy atom. The van der Waals surface area contributed by atoms with E-state index < -0.39 is 21.9 Å². The van der Waals surface area contributed by atoms with E-state index in [4.69, 9.17) is 4.74 Å². The molecule has 8 heteroatoms. The van der Waals surface area contributed by atoms with Crippen molar-refractivity contribution in [1.82, 2.24) is 9.63 Å². The second kappa shape index (κ2) is 6.64. The second-order valence-electron chi connectivity index (χ2n) is 8.93. The van der Waals surface area contributed by atoms with Gasteiger partial charge in [0.15, 0.2) is 0 Å². The predicted octanol–water partition coefficient (Wildman–Crippen LogP) is 3.75. The van der Waals surface area contributed by atoms with Crippen LogP contribution in [0.3, 0.4) is 0 Å². The van der Waals surface area contributed by atoms with Crippen molar-refractivity contribution in [2.24, 2.45) is 5.41 Å². The van der Waals surface area contributed by atoms with E-state index in [9.17, 15) is 20.5 Å². The number of nitrogens with zero attached hydrogens (tertiary/aromatic N) is 4. The number of quaternary nitrogens is 1. The molecule has 0 saturated heterocycles. The SMILES string of the molecule is CC1=C2C(=O)[N+](C)([O-])c3cc(C#N)ccc3C2c2c(OCC3(C#N)CC3)ncc(C)c2N1. The van der Waals surface area contributed by atoms with E-state index in [1.807, 2.05) is 13.0 Å². The lowest BCUT2D eigenvalue weighted by molar-refractivity contribution is -0.123. The maximum atomic E-state index is 13.4. The number of fused-ring (bicyclic) bond motifs is 5. The molecule has 1 amide bonds. The van der Waals surface area contributed by atoms with Crippen LogP contribution in [-0.2, 0) is 4.79 Å². The van der Waals surface area contributed by atoms with E-state index >= 15 is 0 Å². The Hall–Kier alpha value is -3.72. The summed E-state index contributed by atoms with van der Waals surface area (Å²) in [6, 6.07) is 9.25. The molecule has 8 nitrogen and oxygen atoms in total. The minimum atomic E-state index is -1.22. The van der Waals surface area contributed by atoms with Crippen LogP contribution in [-0.4, -0.2) is 24.5 Å². The van der Waals surface area contributed by atoms with Crippen LogP contribution in [0.2, 0.25) is 0 Å². The Balaban J connectivity index is 1.74. The van der Waals surface area contributed by atoms with Crippen LogP contribution in [0.15, 0.2) is 35.7 Å². The van der Waals surface area contributed by atoms with Gasteiger partial charge in [0.2, 0.25) is 5.88 Å². The van der Waals surface area contributed by atoms with Crippen molar-refractivity contribution in [3.05, 3.63) is 63.1 Å². The summed E-state index contributed by atoms with van der Waals surface area (Å²) >= 11 is 0. The van der Waals surface area contributed by atoms with Gasteiger partial charge in [0.05, 0.1) is 52.9 Å². The van der Waals surface area contributed by atoms with Crippen molar-refractivity contribution in [3.8, 4) is 18.0 Å². The molecule has 2 aromatic rings. The van der Waals surface area contributed by atoms with Crippen molar-refractivity contribution in [1.29, 1.82) is 10.5 Å². The number of anilines is 1. The highest BCUT2D eigenvalue weighted by atomic mass is 16.6. The number of nitrogens with one attached hydrogen (secondary N) is 1. The van der Waals surface area contributed by atoms with Gasteiger partial charge in [0.1, 0.15) is 12.3 Å². The summed E-state index contributed by atoms with van der Waals surface area (Å²) in [7, 11) is 1.30. The molecule has 2 unspecified atom stereocenters. The highest BCUT2D eigenvalue weighted by molar-refractivity contribution is 6.09. The zero-order valence-corrected chi connectivity index (χ0v) is 18.0. The van der Waals surface area contributed by atoms with Crippen LogP contribution >= 0.6 is 0 Å². The molecule has 1 aromatic heterocycles. The van der Waals surface area contributed by atoms with Gasteiger partial charge in [-0.3, -0.25) is 4.65 Å². The molecule has 3 aliphatic rings. The highest BCUT2D eigenvalue weighted by Crippen LogP contribution is 2.54. The molecule has 1 N–H and O–H groups in total. The van der Waals surface area contributed by atoms with E-state index in [1.165, 1.54) is 13.1 Å². The largest absolute Gasteiger partial charge is 0.620 e. The first kappa shape index (κ1) is 20.2. The van der Waals surface area contributed by atoms with Gasteiger partial charge < -0.3 is 15.3 Å². The molecule has 0 bridgehead atoms. The number of hydroxylamine groups is 2. The van der Waals surface area contributed by atoms with E-state index in [-0.39, 0.29) is 12.3 Å². The number of hydrogen-bond acceptors (Lipinski definition) is 7. The maximum Gasteiger partial charge on any atom is 0.349 e. The van der Waals surface area contributed by atoms with Crippen LogP contribution in [0, 0.1) is 40.2 Å². The Morgan fingerprint density at radius 1 is 1.34 bits per heavy atom. The predicted molar refractivity (Wildman–Crippen MR) is 117 cm³/mol. The van der Waals surface area contributed by atoms with Crippen molar-refractivity contribution >= 4 is 17.3 Å². The van der Waals surface area contributed by atoms with Gasteiger partial charge in [0, 0.05) is 23.5 Å². The number of rotatable bonds is 3.